The van der Waals surface area contributed by atoms with Crippen LogP contribution in [0.5, 0.6) is 11.6 Å². The van der Waals surface area contributed by atoms with E-state index in [1.165, 1.54) is 0 Å². The zero-order valence-electron chi connectivity index (χ0n) is 15.7. The van der Waals surface area contributed by atoms with Gasteiger partial charge in [-0.2, -0.15) is 0 Å². The molecule has 6 nitrogen and oxygen atoms in total. The number of benzene rings is 3. The van der Waals surface area contributed by atoms with Crippen LogP contribution >= 0.6 is 11.6 Å². The summed E-state index contributed by atoms with van der Waals surface area (Å²) in [5.74, 6) is 0.643. The third-order valence-electron chi connectivity index (χ3n) is 4.31. The highest BCUT2D eigenvalue weighted by Gasteiger charge is 2.15. The first-order valence-electron chi connectivity index (χ1n) is 9.12. The SMILES string of the molecule is O=C(O)Oc1cc(-c2cccc(OCc3ccccc3)c2)n(-c2cccc(Cl)c2)n1. The molecule has 4 rings (SSSR count). The summed E-state index contributed by atoms with van der Waals surface area (Å²) in [5.41, 5.74) is 3.16. The summed E-state index contributed by atoms with van der Waals surface area (Å²) in [4.78, 5) is 11.0. The van der Waals surface area contributed by atoms with Crippen LogP contribution in [0.1, 0.15) is 5.56 Å². The van der Waals surface area contributed by atoms with Crippen molar-refractivity contribution in [3.05, 3.63) is 95.5 Å². The molecule has 1 aromatic heterocycles. The fourth-order valence-electron chi connectivity index (χ4n) is 3.00. The van der Waals surface area contributed by atoms with Gasteiger partial charge in [-0.1, -0.05) is 60.1 Å². The number of hydrogen-bond donors (Lipinski definition) is 1. The lowest BCUT2D eigenvalue weighted by atomic mass is 10.1. The van der Waals surface area contributed by atoms with Gasteiger partial charge in [-0.05, 0) is 35.9 Å². The lowest BCUT2D eigenvalue weighted by molar-refractivity contribution is 0.142. The number of rotatable bonds is 6. The maximum Gasteiger partial charge on any atom is 0.512 e. The molecule has 0 radical (unpaired) electrons. The fourth-order valence-corrected chi connectivity index (χ4v) is 3.18. The van der Waals surface area contributed by atoms with E-state index < -0.39 is 6.16 Å². The van der Waals surface area contributed by atoms with Gasteiger partial charge in [0.1, 0.15) is 12.4 Å². The van der Waals surface area contributed by atoms with Crippen molar-refractivity contribution in [2.75, 3.05) is 0 Å². The fraction of sp³-hybridized carbons (Fsp3) is 0.0435. The molecule has 0 bridgehead atoms. The average molecular weight is 421 g/mol. The molecule has 7 heteroatoms. The molecule has 0 spiro atoms. The summed E-state index contributed by atoms with van der Waals surface area (Å²) < 4.78 is 12.3. The second-order valence-corrected chi connectivity index (χ2v) is 6.87. The summed E-state index contributed by atoms with van der Waals surface area (Å²) in [6.45, 7) is 0.436. The zero-order valence-corrected chi connectivity index (χ0v) is 16.5. The van der Waals surface area contributed by atoms with E-state index in [-0.39, 0.29) is 5.88 Å². The number of hydrogen-bond acceptors (Lipinski definition) is 4. The lowest BCUT2D eigenvalue weighted by Crippen LogP contribution is -2.04. The molecule has 30 heavy (non-hydrogen) atoms. The first kappa shape index (κ1) is 19.5. The van der Waals surface area contributed by atoms with Crippen LogP contribution in [-0.4, -0.2) is 21.0 Å². The third-order valence-corrected chi connectivity index (χ3v) is 4.54. The van der Waals surface area contributed by atoms with Crippen LogP contribution in [-0.2, 0) is 6.61 Å². The van der Waals surface area contributed by atoms with Crippen LogP contribution in [0.4, 0.5) is 4.79 Å². The molecule has 0 aliphatic heterocycles. The van der Waals surface area contributed by atoms with E-state index in [1.807, 2.05) is 60.7 Å². The Morgan fingerprint density at radius 3 is 2.53 bits per heavy atom. The van der Waals surface area contributed by atoms with E-state index >= 15 is 0 Å². The normalized spacial score (nSPS) is 10.6. The van der Waals surface area contributed by atoms with Gasteiger partial charge in [0.2, 0.25) is 5.88 Å². The summed E-state index contributed by atoms with van der Waals surface area (Å²) in [6.07, 6.45) is -1.43. The Morgan fingerprint density at radius 2 is 1.77 bits per heavy atom. The molecule has 3 aromatic carbocycles. The van der Waals surface area contributed by atoms with Crippen molar-refractivity contribution in [3.63, 3.8) is 0 Å². The maximum absolute atomic E-state index is 11.0. The van der Waals surface area contributed by atoms with E-state index in [2.05, 4.69) is 5.10 Å². The molecule has 4 aromatic rings. The van der Waals surface area contributed by atoms with Gasteiger partial charge < -0.3 is 14.6 Å². The van der Waals surface area contributed by atoms with Crippen LogP contribution < -0.4 is 9.47 Å². The molecular weight excluding hydrogens is 404 g/mol. The average Bonchev–Trinajstić information content (AvgIpc) is 3.16. The quantitative estimate of drug-likeness (QED) is 0.397. The van der Waals surface area contributed by atoms with Crippen molar-refractivity contribution < 1.29 is 19.4 Å². The maximum atomic E-state index is 11.0. The second kappa shape index (κ2) is 8.71. The predicted octanol–water partition coefficient (Wildman–Crippen LogP) is 5.83. The molecule has 0 aliphatic rings. The monoisotopic (exact) mass is 420 g/mol. The van der Waals surface area contributed by atoms with Gasteiger partial charge in [0, 0.05) is 16.7 Å². The zero-order chi connectivity index (χ0) is 20.9. The van der Waals surface area contributed by atoms with Crippen molar-refractivity contribution >= 4 is 17.8 Å². The molecule has 1 heterocycles. The molecule has 0 amide bonds. The smallest absolute Gasteiger partial charge is 0.489 e. The van der Waals surface area contributed by atoms with Gasteiger partial charge in [0.05, 0.1) is 11.4 Å². The highest BCUT2D eigenvalue weighted by Crippen LogP contribution is 2.30. The van der Waals surface area contributed by atoms with Gasteiger partial charge >= 0.3 is 6.16 Å². The minimum Gasteiger partial charge on any atom is -0.489 e. The molecule has 0 saturated heterocycles. The predicted molar refractivity (Wildman–Crippen MR) is 113 cm³/mol. The van der Waals surface area contributed by atoms with E-state index in [0.717, 1.165) is 11.1 Å². The van der Waals surface area contributed by atoms with E-state index in [9.17, 15) is 4.79 Å². The number of ether oxygens (including phenoxy) is 2. The Balaban J connectivity index is 1.68. The number of carbonyl (C=O) groups is 1. The van der Waals surface area contributed by atoms with Gasteiger partial charge in [0.25, 0.3) is 0 Å². The van der Waals surface area contributed by atoms with Gasteiger partial charge in [-0.25, -0.2) is 9.48 Å². The van der Waals surface area contributed by atoms with Crippen LogP contribution in [0.3, 0.4) is 0 Å². The summed E-state index contributed by atoms with van der Waals surface area (Å²) in [5, 5.41) is 13.8. The molecule has 0 aliphatic carbocycles. The van der Waals surface area contributed by atoms with E-state index in [4.69, 9.17) is 26.2 Å². The summed E-state index contributed by atoms with van der Waals surface area (Å²) >= 11 is 6.12. The lowest BCUT2D eigenvalue weighted by Gasteiger charge is -2.10. The van der Waals surface area contributed by atoms with Crippen molar-refractivity contribution in [2.24, 2.45) is 0 Å². The van der Waals surface area contributed by atoms with Crippen molar-refractivity contribution in [3.8, 4) is 28.6 Å². The Bertz CT molecular complexity index is 1170. The van der Waals surface area contributed by atoms with Gasteiger partial charge in [-0.3, -0.25) is 0 Å². The molecule has 1 N–H and O–H groups in total. The van der Waals surface area contributed by atoms with Crippen molar-refractivity contribution in [1.82, 2.24) is 9.78 Å². The Kier molecular flexibility index (Phi) is 5.68. The first-order valence-corrected chi connectivity index (χ1v) is 9.50. The topological polar surface area (TPSA) is 73.6 Å². The minimum absolute atomic E-state index is 0.0342. The standard InChI is InChI=1S/C23H17ClN2O4/c24-18-9-5-10-19(13-18)26-21(14-22(25-26)30-23(27)28)17-8-4-11-20(12-17)29-15-16-6-2-1-3-7-16/h1-14H,15H2,(H,27,28). The molecular formula is C23H17ClN2O4. The largest absolute Gasteiger partial charge is 0.512 e. The van der Waals surface area contributed by atoms with Crippen LogP contribution in [0.25, 0.3) is 16.9 Å². The number of aromatic nitrogens is 2. The molecule has 150 valence electrons. The summed E-state index contributed by atoms with van der Waals surface area (Å²) in [6, 6.07) is 26.0. The first-order chi connectivity index (χ1) is 14.6. The van der Waals surface area contributed by atoms with E-state index in [1.54, 1.807) is 28.9 Å². The molecule has 0 unspecified atom stereocenters. The summed E-state index contributed by atoms with van der Waals surface area (Å²) in [7, 11) is 0. The third kappa shape index (κ3) is 4.61. The van der Waals surface area contributed by atoms with Crippen molar-refractivity contribution in [1.29, 1.82) is 0 Å². The second-order valence-electron chi connectivity index (χ2n) is 6.43. The highest BCUT2D eigenvalue weighted by molar-refractivity contribution is 6.30. The number of nitrogens with zero attached hydrogens (tertiary/aromatic N) is 2. The molecule has 0 fully saturated rings. The van der Waals surface area contributed by atoms with Gasteiger partial charge in [-0.15, -0.1) is 5.10 Å². The Hall–Kier alpha value is -3.77. The van der Waals surface area contributed by atoms with Crippen LogP contribution in [0.2, 0.25) is 5.02 Å². The van der Waals surface area contributed by atoms with E-state index in [0.29, 0.717) is 28.8 Å². The highest BCUT2D eigenvalue weighted by atomic mass is 35.5. The number of carboxylic acid groups (broad SMARTS) is 1. The molecule has 0 atom stereocenters. The Labute approximate surface area is 177 Å². The minimum atomic E-state index is -1.43. The Morgan fingerprint density at radius 1 is 0.967 bits per heavy atom. The van der Waals surface area contributed by atoms with Crippen LogP contribution in [0.15, 0.2) is 84.9 Å². The van der Waals surface area contributed by atoms with Gasteiger partial charge in [0.15, 0.2) is 0 Å². The van der Waals surface area contributed by atoms with Crippen molar-refractivity contribution in [2.45, 2.75) is 6.61 Å². The molecule has 0 saturated carbocycles. The van der Waals surface area contributed by atoms with Crippen LogP contribution in [0, 0.1) is 0 Å². The number of halogens is 1.